The fourth-order valence-electron chi connectivity index (χ4n) is 4.01. The second-order valence-electron chi connectivity index (χ2n) is 7.82. The summed E-state index contributed by atoms with van der Waals surface area (Å²) < 4.78 is 21.5. The largest absolute Gasteiger partial charge is 0.490 e. The number of ether oxygens (including phenoxy) is 1. The first kappa shape index (κ1) is 19.4. The van der Waals surface area contributed by atoms with Crippen LogP contribution in [0, 0.1) is 17.7 Å². The third-order valence-corrected chi connectivity index (χ3v) is 5.56. The zero-order chi connectivity index (χ0) is 20.2. The highest BCUT2D eigenvalue weighted by molar-refractivity contribution is 5.79. The lowest BCUT2D eigenvalue weighted by molar-refractivity contribution is -0.137. The second kappa shape index (κ2) is 8.64. The van der Waals surface area contributed by atoms with E-state index < -0.39 is 0 Å². The van der Waals surface area contributed by atoms with E-state index in [4.69, 9.17) is 4.74 Å². The van der Waals surface area contributed by atoms with Crippen molar-refractivity contribution in [2.45, 2.75) is 26.3 Å². The molecule has 0 N–H and O–H groups in total. The average molecular weight is 395 g/mol. The number of hydrogen-bond acceptors (Lipinski definition) is 3. The third-order valence-electron chi connectivity index (χ3n) is 5.56. The molecule has 4 rings (SSSR count). The Morgan fingerprint density at radius 2 is 2.03 bits per heavy atom. The quantitative estimate of drug-likeness (QED) is 0.631. The van der Waals surface area contributed by atoms with Gasteiger partial charge in [-0.15, -0.1) is 0 Å². The molecular weight excluding hydrogens is 369 g/mol. The molecular formula is C23H26FN3O2. The van der Waals surface area contributed by atoms with Crippen molar-refractivity contribution in [3.8, 4) is 5.75 Å². The summed E-state index contributed by atoms with van der Waals surface area (Å²) in [4.78, 5) is 19.4. The van der Waals surface area contributed by atoms with Crippen molar-refractivity contribution >= 4 is 16.9 Å². The fraction of sp³-hybridized carbons (Fsp3) is 0.391. The molecule has 5 nitrogen and oxygen atoms in total. The van der Waals surface area contributed by atoms with Gasteiger partial charge in [-0.05, 0) is 37.1 Å². The molecule has 1 saturated heterocycles. The SMILES string of the molecule is C[C@H](Cn1cnc2ccccc21)C(=O)N1CCC[C@@H](COc2ccccc2F)C1. The van der Waals surface area contributed by atoms with Crippen LogP contribution < -0.4 is 4.74 Å². The fourth-order valence-corrected chi connectivity index (χ4v) is 4.01. The predicted molar refractivity (Wildman–Crippen MR) is 110 cm³/mol. The lowest BCUT2D eigenvalue weighted by Gasteiger charge is -2.34. The molecule has 1 aliphatic heterocycles. The highest BCUT2D eigenvalue weighted by atomic mass is 19.1. The highest BCUT2D eigenvalue weighted by Crippen LogP contribution is 2.22. The Kier molecular flexibility index (Phi) is 5.79. The lowest BCUT2D eigenvalue weighted by Crippen LogP contribution is -2.44. The minimum Gasteiger partial charge on any atom is -0.490 e. The first-order valence-electron chi connectivity index (χ1n) is 10.2. The first-order valence-corrected chi connectivity index (χ1v) is 10.2. The summed E-state index contributed by atoms with van der Waals surface area (Å²) in [5.41, 5.74) is 1.98. The molecule has 1 aliphatic rings. The highest BCUT2D eigenvalue weighted by Gasteiger charge is 2.27. The predicted octanol–water partition coefficient (Wildman–Crippen LogP) is 4.13. The molecule has 3 aromatic rings. The van der Waals surface area contributed by atoms with Gasteiger partial charge in [0.05, 0.1) is 29.9 Å². The smallest absolute Gasteiger partial charge is 0.227 e. The molecule has 2 atom stereocenters. The number of nitrogens with zero attached hydrogens (tertiary/aromatic N) is 3. The van der Waals surface area contributed by atoms with Crippen LogP contribution in [0.15, 0.2) is 54.9 Å². The zero-order valence-electron chi connectivity index (χ0n) is 16.6. The molecule has 0 aliphatic carbocycles. The van der Waals surface area contributed by atoms with Gasteiger partial charge in [0.2, 0.25) is 5.91 Å². The van der Waals surface area contributed by atoms with Crippen molar-refractivity contribution in [1.29, 1.82) is 0 Å². The summed E-state index contributed by atoms with van der Waals surface area (Å²) >= 11 is 0. The van der Waals surface area contributed by atoms with Crippen molar-refractivity contribution < 1.29 is 13.9 Å². The number of para-hydroxylation sites is 3. The number of rotatable bonds is 6. The number of halogens is 1. The van der Waals surface area contributed by atoms with Gasteiger partial charge in [-0.2, -0.15) is 0 Å². The van der Waals surface area contributed by atoms with Gasteiger partial charge < -0.3 is 14.2 Å². The molecule has 2 heterocycles. The molecule has 0 radical (unpaired) electrons. The van der Waals surface area contributed by atoms with Crippen molar-refractivity contribution in [2.75, 3.05) is 19.7 Å². The number of carbonyl (C=O) groups excluding carboxylic acids is 1. The van der Waals surface area contributed by atoms with Gasteiger partial charge in [0.25, 0.3) is 0 Å². The van der Waals surface area contributed by atoms with Crippen LogP contribution in [0.4, 0.5) is 4.39 Å². The normalized spacial score (nSPS) is 18.0. The summed E-state index contributed by atoms with van der Waals surface area (Å²) in [7, 11) is 0. The minimum absolute atomic E-state index is 0.140. The van der Waals surface area contributed by atoms with E-state index in [0.29, 0.717) is 19.7 Å². The summed E-state index contributed by atoms with van der Waals surface area (Å²) in [5.74, 6) is 0.152. The van der Waals surface area contributed by atoms with Crippen LogP contribution in [0.5, 0.6) is 5.75 Å². The number of hydrogen-bond donors (Lipinski definition) is 0. The molecule has 29 heavy (non-hydrogen) atoms. The number of benzene rings is 2. The Morgan fingerprint density at radius 3 is 2.90 bits per heavy atom. The monoisotopic (exact) mass is 395 g/mol. The minimum atomic E-state index is -0.350. The topological polar surface area (TPSA) is 47.4 Å². The average Bonchev–Trinajstić information content (AvgIpc) is 3.16. The summed E-state index contributed by atoms with van der Waals surface area (Å²) in [6, 6.07) is 14.4. The molecule has 2 aromatic carbocycles. The van der Waals surface area contributed by atoms with Crippen LogP contribution in [0.1, 0.15) is 19.8 Å². The van der Waals surface area contributed by atoms with E-state index in [1.807, 2.05) is 40.7 Å². The summed E-state index contributed by atoms with van der Waals surface area (Å²) in [6.45, 7) is 4.42. The Bertz CT molecular complexity index is 987. The molecule has 1 fully saturated rings. The van der Waals surface area contributed by atoms with Crippen molar-refractivity contribution in [1.82, 2.24) is 14.5 Å². The van der Waals surface area contributed by atoms with Gasteiger partial charge in [0, 0.05) is 25.6 Å². The number of imidazole rings is 1. The molecule has 0 spiro atoms. The number of fused-ring (bicyclic) bond motifs is 1. The first-order chi connectivity index (χ1) is 14.1. The Morgan fingerprint density at radius 1 is 1.24 bits per heavy atom. The van der Waals surface area contributed by atoms with Crippen LogP contribution in [0.25, 0.3) is 11.0 Å². The standard InChI is InChI=1S/C23H26FN3O2/c1-17(13-27-16-25-20-9-3-4-10-21(20)27)23(28)26-12-6-7-18(14-26)15-29-22-11-5-2-8-19(22)24/h2-5,8-11,16-18H,6-7,12-15H2,1H3/t17-,18-/m1/s1. The molecule has 0 bridgehead atoms. The third kappa shape index (κ3) is 4.42. The Hall–Kier alpha value is -2.89. The Balaban J connectivity index is 1.35. The molecule has 152 valence electrons. The van der Waals surface area contributed by atoms with Crippen LogP contribution in [0.2, 0.25) is 0 Å². The van der Waals surface area contributed by atoms with Crippen LogP contribution in [-0.4, -0.2) is 40.1 Å². The molecule has 0 unspecified atom stereocenters. The maximum absolute atomic E-state index is 13.7. The number of likely N-dealkylation sites (tertiary alicyclic amines) is 1. The van der Waals surface area contributed by atoms with Gasteiger partial charge in [0.15, 0.2) is 11.6 Å². The van der Waals surface area contributed by atoms with Crippen LogP contribution >= 0.6 is 0 Å². The van der Waals surface area contributed by atoms with E-state index in [9.17, 15) is 9.18 Å². The maximum atomic E-state index is 13.7. The van der Waals surface area contributed by atoms with Gasteiger partial charge >= 0.3 is 0 Å². The van der Waals surface area contributed by atoms with E-state index in [1.165, 1.54) is 6.07 Å². The number of piperidine rings is 1. The summed E-state index contributed by atoms with van der Waals surface area (Å²) in [6.07, 6.45) is 3.73. The number of aromatic nitrogens is 2. The van der Waals surface area contributed by atoms with Gasteiger partial charge in [-0.1, -0.05) is 31.2 Å². The summed E-state index contributed by atoms with van der Waals surface area (Å²) in [5, 5.41) is 0. The van der Waals surface area contributed by atoms with E-state index in [-0.39, 0.29) is 29.3 Å². The van der Waals surface area contributed by atoms with Crippen molar-refractivity contribution in [3.63, 3.8) is 0 Å². The van der Waals surface area contributed by atoms with Gasteiger partial charge in [0.1, 0.15) is 0 Å². The molecule has 6 heteroatoms. The maximum Gasteiger partial charge on any atom is 0.227 e. The zero-order valence-corrected chi connectivity index (χ0v) is 16.6. The van der Waals surface area contributed by atoms with Crippen molar-refractivity contribution in [2.24, 2.45) is 11.8 Å². The van der Waals surface area contributed by atoms with E-state index in [1.54, 1.807) is 24.5 Å². The van der Waals surface area contributed by atoms with E-state index in [0.717, 1.165) is 30.4 Å². The molecule has 1 amide bonds. The van der Waals surface area contributed by atoms with Gasteiger partial charge in [-0.25, -0.2) is 9.37 Å². The Labute approximate surface area is 170 Å². The number of amides is 1. The lowest BCUT2D eigenvalue weighted by atomic mass is 9.97. The van der Waals surface area contributed by atoms with Crippen LogP contribution in [0.3, 0.4) is 0 Å². The van der Waals surface area contributed by atoms with E-state index >= 15 is 0 Å². The van der Waals surface area contributed by atoms with Crippen molar-refractivity contribution in [3.05, 3.63) is 60.7 Å². The van der Waals surface area contributed by atoms with Gasteiger partial charge in [-0.3, -0.25) is 4.79 Å². The number of carbonyl (C=O) groups is 1. The van der Waals surface area contributed by atoms with E-state index in [2.05, 4.69) is 4.98 Å². The van der Waals surface area contributed by atoms with Crippen LogP contribution in [-0.2, 0) is 11.3 Å². The second-order valence-corrected chi connectivity index (χ2v) is 7.82. The molecule has 1 aromatic heterocycles. The molecule has 0 saturated carbocycles.